The molecule has 0 amide bonds. The third kappa shape index (κ3) is 3.76. The van der Waals surface area contributed by atoms with E-state index in [2.05, 4.69) is 11.1 Å². The van der Waals surface area contributed by atoms with E-state index in [0.717, 1.165) is 17.4 Å². The van der Waals surface area contributed by atoms with Gasteiger partial charge in [0.15, 0.2) is 9.84 Å². The Morgan fingerprint density at radius 1 is 1.04 bits per heavy atom. The summed E-state index contributed by atoms with van der Waals surface area (Å²) < 4.78 is 28.6. The van der Waals surface area contributed by atoms with Crippen molar-refractivity contribution in [3.63, 3.8) is 0 Å². The predicted molar refractivity (Wildman–Crippen MR) is 104 cm³/mol. The molecule has 6 nitrogen and oxygen atoms in total. The molecule has 0 saturated heterocycles. The summed E-state index contributed by atoms with van der Waals surface area (Å²) in [5, 5.41) is 9.40. The maximum atomic E-state index is 11.7. The molecule has 0 fully saturated rings. The summed E-state index contributed by atoms with van der Waals surface area (Å²) in [7, 11) is -1.84. The van der Waals surface area contributed by atoms with Crippen LogP contribution in [0.4, 0.5) is 5.69 Å². The molecule has 7 heteroatoms. The molecule has 0 spiro atoms. The fourth-order valence-corrected chi connectivity index (χ4v) is 3.33. The summed E-state index contributed by atoms with van der Waals surface area (Å²) in [6.07, 6.45) is 1.16. The first kappa shape index (κ1) is 18.4. The highest BCUT2D eigenvalue weighted by molar-refractivity contribution is 7.90. The quantitative estimate of drug-likeness (QED) is 0.697. The molecule has 0 aliphatic rings. The third-order valence-corrected chi connectivity index (χ3v) is 5.21. The number of hydrogen-bond donors (Lipinski definition) is 1. The topological polar surface area (TPSA) is 106 Å². The van der Waals surface area contributed by atoms with Gasteiger partial charge in [-0.15, -0.1) is 0 Å². The van der Waals surface area contributed by atoms with Gasteiger partial charge < -0.3 is 10.5 Å². The Labute approximate surface area is 157 Å². The van der Waals surface area contributed by atoms with Crippen molar-refractivity contribution in [1.29, 1.82) is 5.26 Å². The summed E-state index contributed by atoms with van der Waals surface area (Å²) in [4.78, 5) is 4.73. The summed E-state index contributed by atoms with van der Waals surface area (Å²) in [5.41, 5.74) is 9.52. The minimum atomic E-state index is -3.29. The zero-order valence-electron chi connectivity index (χ0n) is 14.8. The lowest BCUT2D eigenvalue weighted by atomic mass is 9.97. The summed E-state index contributed by atoms with van der Waals surface area (Å²) in [6.45, 7) is 0. The molecular formula is C20H17N3O3S. The number of pyridine rings is 1. The molecule has 0 saturated carbocycles. The standard InChI is InChI=1S/C20H17N3O3S/c1-26-20-15(12-21)11-18(13-5-9-17(10-6-13)27(2,24)25)19(23-20)14-3-7-16(22)8-4-14/h3-11H,22H2,1-2H3. The summed E-state index contributed by atoms with van der Waals surface area (Å²) in [6, 6.07) is 17.4. The van der Waals surface area contributed by atoms with Gasteiger partial charge in [-0.3, -0.25) is 0 Å². The van der Waals surface area contributed by atoms with E-state index in [4.69, 9.17) is 10.5 Å². The molecule has 3 rings (SSSR count). The van der Waals surface area contributed by atoms with Crippen LogP contribution in [0.3, 0.4) is 0 Å². The molecule has 2 N–H and O–H groups in total. The lowest BCUT2D eigenvalue weighted by Crippen LogP contribution is -1.99. The van der Waals surface area contributed by atoms with E-state index >= 15 is 0 Å². The van der Waals surface area contributed by atoms with Crippen molar-refractivity contribution in [3.8, 4) is 34.3 Å². The molecule has 0 aliphatic heterocycles. The van der Waals surface area contributed by atoms with Gasteiger partial charge in [0, 0.05) is 23.1 Å². The van der Waals surface area contributed by atoms with Crippen LogP contribution < -0.4 is 10.5 Å². The Bertz CT molecular complexity index is 1130. The number of anilines is 1. The Hall–Kier alpha value is -3.37. The fourth-order valence-electron chi connectivity index (χ4n) is 2.69. The van der Waals surface area contributed by atoms with Gasteiger partial charge in [0.05, 0.1) is 17.7 Å². The van der Waals surface area contributed by atoms with Gasteiger partial charge in [0.1, 0.15) is 11.6 Å². The number of aromatic nitrogens is 1. The Morgan fingerprint density at radius 2 is 1.63 bits per heavy atom. The van der Waals surface area contributed by atoms with Gasteiger partial charge in [0.25, 0.3) is 0 Å². The normalized spacial score (nSPS) is 11.0. The van der Waals surface area contributed by atoms with Crippen LogP contribution in [0.1, 0.15) is 5.56 Å². The van der Waals surface area contributed by atoms with E-state index in [1.807, 2.05) is 12.1 Å². The third-order valence-electron chi connectivity index (χ3n) is 4.08. The van der Waals surface area contributed by atoms with Gasteiger partial charge in [-0.2, -0.15) is 5.26 Å². The SMILES string of the molecule is COc1nc(-c2ccc(N)cc2)c(-c2ccc(S(C)(=O)=O)cc2)cc1C#N. The van der Waals surface area contributed by atoms with Crippen LogP contribution in [-0.2, 0) is 9.84 Å². The second-order valence-electron chi connectivity index (χ2n) is 5.97. The van der Waals surface area contributed by atoms with Crippen LogP contribution in [0.25, 0.3) is 22.4 Å². The first-order valence-electron chi connectivity index (χ1n) is 7.99. The van der Waals surface area contributed by atoms with Crippen molar-refractivity contribution in [1.82, 2.24) is 4.98 Å². The second-order valence-corrected chi connectivity index (χ2v) is 7.99. The van der Waals surface area contributed by atoms with Crippen LogP contribution in [0.15, 0.2) is 59.5 Å². The van der Waals surface area contributed by atoms with Gasteiger partial charge in [-0.1, -0.05) is 24.3 Å². The van der Waals surface area contributed by atoms with Crippen molar-refractivity contribution >= 4 is 15.5 Å². The average molecular weight is 379 g/mol. The second kappa shape index (κ2) is 7.09. The lowest BCUT2D eigenvalue weighted by molar-refractivity contribution is 0.397. The van der Waals surface area contributed by atoms with Crippen LogP contribution in [0, 0.1) is 11.3 Å². The number of nitriles is 1. The summed E-state index contributed by atoms with van der Waals surface area (Å²) in [5.74, 6) is 0.223. The number of sulfone groups is 1. The van der Waals surface area contributed by atoms with E-state index < -0.39 is 9.84 Å². The van der Waals surface area contributed by atoms with E-state index in [-0.39, 0.29) is 10.8 Å². The van der Waals surface area contributed by atoms with E-state index in [1.54, 1.807) is 30.3 Å². The van der Waals surface area contributed by atoms with Crippen LogP contribution >= 0.6 is 0 Å². The first-order valence-corrected chi connectivity index (χ1v) is 9.88. The number of ether oxygens (including phenoxy) is 1. The summed E-state index contributed by atoms with van der Waals surface area (Å²) >= 11 is 0. The van der Waals surface area contributed by atoms with Gasteiger partial charge >= 0.3 is 0 Å². The van der Waals surface area contributed by atoms with Gasteiger partial charge in [0.2, 0.25) is 5.88 Å². The van der Waals surface area contributed by atoms with Crippen molar-refractivity contribution in [2.45, 2.75) is 4.90 Å². The molecule has 3 aromatic rings. The molecule has 1 aromatic heterocycles. The first-order chi connectivity index (χ1) is 12.8. The van der Waals surface area contributed by atoms with Gasteiger partial charge in [-0.05, 0) is 35.9 Å². The largest absolute Gasteiger partial charge is 0.480 e. The monoisotopic (exact) mass is 379 g/mol. The number of methoxy groups -OCH3 is 1. The van der Waals surface area contributed by atoms with Crippen LogP contribution in [0.2, 0.25) is 0 Å². The maximum Gasteiger partial charge on any atom is 0.232 e. The smallest absolute Gasteiger partial charge is 0.232 e. The fraction of sp³-hybridized carbons (Fsp3) is 0.100. The zero-order valence-corrected chi connectivity index (χ0v) is 15.6. The molecular weight excluding hydrogens is 362 g/mol. The number of hydrogen-bond acceptors (Lipinski definition) is 6. The molecule has 0 unspecified atom stereocenters. The molecule has 0 atom stereocenters. The number of benzene rings is 2. The highest BCUT2D eigenvalue weighted by Crippen LogP contribution is 2.35. The minimum Gasteiger partial charge on any atom is -0.480 e. The van der Waals surface area contributed by atoms with Crippen molar-refractivity contribution in [2.75, 3.05) is 19.1 Å². The zero-order chi connectivity index (χ0) is 19.6. The van der Waals surface area contributed by atoms with E-state index in [9.17, 15) is 13.7 Å². The molecule has 0 radical (unpaired) electrons. The number of rotatable bonds is 4. The average Bonchev–Trinajstić information content (AvgIpc) is 2.67. The van der Waals surface area contributed by atoms with Crippen molar-refractivity contribution in [3.05, 3.63) is 60.2 Å². The molecule has 0 bridgehead atoms. The number of nitrogens with zero attached hydrogens (tertiary/aromatic N) is 2. The highest BCUT2D eigenvalue weighted by atomic mass is 32.2. The Balaban J connectivity index is 2.24. The molecule has 136 valence electrons. The highest BCUT2D eigenvalue weighted by Gasteiger charge is 2.16. The van der Waals surface area contributed by atoms with Gasteiger partial charge in [-0.25, -0.2) is 13.4 Å². The Morgan fingerprint density at radius 3 is 2.15 bits per heavy atom. The number of nitrogens with two attached hydrogens (primary N) is 1. The molecule has 27 heavy (non-hydrogen) atoms. The number of nitrogen functional groups attached to an aromatic ring is 1. The van der Waals surface area contributed by atoms with Crippen molar-refractivity contribution < 1.29 is 13.2 Å². The van der Waals surface area contributed by atoms with Crippen LogP contribution in [-0.4, -0.2) is 26.8 Å². The van der Waals surface area contributed by atoms with E-state index in [1.165, 1.54) is 19.2 Å². The maximum absolute atomic E-state index is 11.7. The Kier molecular flexibility index (Phi) is 4.84. The van der Waals surface area contributed by atoms with E-state index in [0.29, 0.717) is 22.5 Å². The van der Waals surface area contributed by atoms with Crippen molar-refractivity contribution in [2.24, 2.45) is 0 Å². The molecule has 2 aromatic carbocycles. The predicted octanol–water partition coefficient (Wildman–Crippen LogP) is 3.28. The molecule has 0 aliphatic carbocycles. The minimum absolute atomic E-state index is 0.223. The van der Waals surface area contributed by atoms with Crippen LogP contribution in [0.5, 0.6) is 5.88 Å². The lowest BCUT2D eigenvalue weighted by Gasteiger charge is -2.13. The molecule has 1 heterocycles.